The molecular weight excluding hydrogens is 493 g/mol. The van der Waals surface area contributed by atoms with E-state index in [0.29, 0.717) is 46.6 Å². The van der Waals surface area contributed by atoms with E-state index in [1.54, 1.807) is 37.3 Å². The lowest BCUT2D eigenvalue weighted by Gasteiger charge is -2.32. The highest BCUT2D eigenvalue weighted by molar-refractivity contribution is 7.89. The second kappa shape index (κ2) is 11.2. The van der Waals surface area contributed by atoms with E-state index in [1.807, 2.05) is 0 Å². The maximum absolute atomic E-state index is 13.5. The van der Waals surface area contributed by atoms with E-state index in [1.165, 1.54) is 16.4 Å². The number of hydrogen-bond acceptors (Lipinski definition) is 4. The number of hydrogen-bond donors (Lipinski definition) is 0. The topological polar surface area (TPSA) is 63.7 Å². The first kappa shape index (κ1) is 25.3. The van der Waals surface area contributed by atoms with E-state index in [9.17, 15) is 13.2 Å². The minimum Gasteiger partial charge on any atom is -0.466 e. The SMILES string of the molecule is CCOC(=O)C1CCC(CN(Cc2c(Cl)cccc2Cl)S(=O)(=O)c2ccc(Cl)cc2)CC1. The molecule has 0 spiro atoms. The molecule has 2 aromatic rings. The van der Waals surface area contributed by atoms with Gasteiger partial charge in [-0.2, -0.15) is 4.31 Å². The van der Waals surface area contributed by atoms with Crippen molar-refractivity contribution in [2.45, 2.75) is 44.0 Å². The molecule has 0 amide bonds. The van der Waals surface area contributed by atoms with Crippen LogP contribution in [0, 0.1) is 11.8 Å². The number of halogens is 3. The van der Waals surface area contributed by atoms with Crippen molar-refractivity contribution < 1.29 is 17.9 Å². The summed E-state index contributed by atoms with van der Waals surface area (Å²) in [6.45, 7) is 2.52. The molecule has 3 rings (SSSR count). The van der Waals surface area contributed by atoms with Gasteiger partial charge in [0.05, 0.1) is 17.4 Å². The molecule has 0 bridgehead atoms. The molecule has 0 unspecified atom stereocenters. The molecule has 0 aliphatic heterocycles. The van der Waals surface area contributed by atoms with Gasteiger partial charge in [0.25, 0.3) is 0 Å². The maximum Gasteiger partial charge on any atom is 0.308 e. The first-order valence-electron chi connectivity index (χ1n) is 10.6. The third kappa shape index (κ3) is 6.17. The number of carbonyl (C=O) groups excluding carboxylic acids is 1. The van der Waals surface area contributed by atoms with Crippen LogP contribution in [-0.2, 0) is 26.1 Å². The number of carbonyl (C=O) groups is 1. The first-order valence-corrected chi connectivity index (χ1v) is 13.1. The molecule has 1 aliphatic carbocycles. The summed E-state index contributed by atoms with van der Waals surface area (Å²) in [6, 6.07) is 11.2. The molecule has 0 heterocycles. The van der Waals surface area contributed by atoms with Crippen LogP contribution in [0.25, 0.3) is 0 Å². The van der Waals surface area contributed by atoms with Crippen LogP contribution >= 0.6 is 34.8 Å². The Morgan fingerprint density at radius 2 is 1.59 bits per heavy atom. The molecule has 0 saturated heterocycles. The van der Waals surface area contributed by atoms with Crippen molar-refractivity contribution in [3.05, 3.63) is 63.1 Å². The molecule has 32 heavy (non-hydrogen) atoms. The Labute approximate surface area is 204 Å². The molecule has 1 saturated carbocycles. The van der Waals surface area contributed by atoms with E-state index in [4.69, 9.17) is 39.5 Å². The highest BCUT2D eigenvalue weighted by atomic mass is 35.5. The number of ether oxygens (including phenoxy) is 1. The van der Waals surface area contributed by atoms with Crippen molar-refractivity contribution in [3.63, 3.8) is 0 Å². The fourth-order valence-electron chi connectivity index (χ4n) is 3.99. The first-order chi connectivity index (χ1) is 15.2. The third-order valence-electron chi connectivity index (χ3n) is 5.78. The molecule has 0 N–H and O–H groups in total. The van der Waals surface area contributed by atoms with E-state index in [2.05, 4.69) is 0 Å². The molecule has 0 radical (unpaired) electrons. The Hall–Kier alpha value is -1.31. The lowest BCUT2D eigenvalue weighted by atomic mass is 9.82. The molecule has 174 valence electrons. The normalized spacial score (nSPS) is 19.2. The zero-order chi connectivity index (χ0) is 23.3. The number of sulfonamides is 1. The third-order valence-corrected chi connectivity index (χ3v) is 8.56. The monoisotopic (exact) mass is 517 g/mol. The van der Waals surface area contributed by atoms with Crippen LogP contribution in [0.4, 0.5) is 0 Å². The Morgan fingerprint density at radius 1 is 1.00 bits per heavy atom. The van der Waals surface area contributed by atoms with E-state index in [0.717, 1.165) is 12.8 Å². The lowest BCUT2D eigenvalue weighted by Crippen LogP contribution is -2.37. The van der Waals surface area contributed by atoms with Gasteiger partial charge in [-0.1, -0.05) is 40.9 Å². The summed E-state index contributed by atoms with van der Waals surface area (Å²) in [5.41, 5.74) is 0.564. The molecule has 0 aromatic heterocycles. The van der Waals surface area contributed by atoms with Gasteiger partial charge in [-0.05, 0) is 74.9 Å². The summed E-state index contributed by atoms with van der Waals surface area (Å²) in [6.07, 6.45) is 2.86. The van der Waals surface area contributed by atoms with Crippen LogP contribution in [0.2, 0.25) is 15.1 Å². The molecule has 9 heteroatoms. The standard InChI is InChI=1S/C23H26Cl3NO4S/c1-2-31-23(28)17-8-6-16(7-9-17)14-27(15-20-21(25)4-3-5-22(20)26)32(29,30)19-12-10-18(24)11-13-19/h3-5,10-13,16-17H,2,6-9,14-15H2,1H3. The summed E-state index contributed by atoms with van der Waals surface area (Å²) in [7, 11) is -3.82. The van der Waals surface area contributed by atoms with Crippen molar-refractivity contribution in [1.29, 1.82) is 0 Å². The maximum atomic E-state index is 13.5. The smallest absolute Gasteiger partial charge is 0.308 e. The predicted molar refractivity (Wildman–Crippen MR) is 128 cm³/mol. The number of rotatable bonds is 8. The zero-order valence-corrected chi connectivity index (χ0v) is 20.9. The lowest BCUT2D eigenvalue weighted by molar-refractivity contribution is -0.149. The van der Waals surface area contributed by atoms with Crippen molar-refractivity contribution in [2.75, 3.05) is 13.2 Å². The quantitative estimate of drug-likeness (QED) is 0.390. The molecular formula is C23H26Cl3NO4S. The Kier molecular flexibility index (Phi) is 8.87. The highest BCUT2D eigenvalue weighted by Gasteiger charge is 2.32. The van der Waals surface area contributed by atoms with Gasteiger partial charge in [-0.25, -0.2) is 8.42 Å². The predicted octanol–water partition coefficient (Wildman–Crippen LogP) is 6.21. The van der Waals surface area contributed by atoms with Crippen LogP contribution in [-0.4, -0.2) is 31.8 Å². The Morgan fingerprint density at radius 3 is 2.16 bits per heavy atom. The van der Waals surface area contributed by atoms with E-state index < -0.39 is 10.0 Å². The molecule has 1 fully saturated rings. The van der Waals surface area contributed by atoms with Crippen molar-refractivity contribution in [2.24, 2.45) is 11.8 Å². The molecule has 5 nitrogen and oxygen atoms in total. The summed E-state index contributed by atoms with van der Waals surface area (Å²) < 4.78 is 33.6. The van der Waals surface area contributed by atoms with E-state index >= 15 is 0 Å². The van der Waals surface area contributed by atoms with Gasteiger partial charge in [-0.3, -0.25) is 4.79 Å². The van der Waals surface area contributed by atoms with E-state index in [-0.39, 0.29) is 29.2 Å². The van der Waals surface area contributed by atoms with Gasteiger partial charge in [0.15, 0.2) is 0 Å². The summed E-state index contributed by atoms with van der Waals surface area (Å²) in [5.74, 6) is -0.172. The van der Waals surface area contributed by atoms with Crippen molar-refractivity contribution >= 4 is 50.8 Å². The minimum absolute atomic E-state index is 0.0568. The summed E-state index contributed by atoms with van der Waals surface area (Å²) >= 11 is 18.6. The van der Waals surface area contributed by atoms with Gasteiger partial charge < -0.3 is 4.74 Å². The number of benzene rings is 2. The van der Waals surface area contributed by atoms with Gasteiger partial charge in [0, 0.05) is 33.7 Å². The average molecular weight is 519 g/mol. The molecule has 2 aromatic carbocycles. The van der Waals surface area contributed by atoms with Crippen molar-refractivity contribution in [3.8, 4) is 0 Å². The van der Waals surface area contributed by atoms with Gasteiger partial charge in [-0.15, -0.1) is 0 Å². The fraction of sp³-hybridized carbons (Fsp3) is 0.435. The zero-order valence-electron chi connectivity index (χ0n) is 17.8. The Bertz CT molecular complexity index is 1020. The van der Waals surface area contributed by atoms with Crippen LogP contribution in [0.15, 0.2) is 47.4 Å². The molecule has 1 aliphatic rings. The highest BCUT2D eigenvalue weighted by Crippen LogP contribution is 2.34. The second-order valence-electron chi connectivity index (χ2n) is 7.92. The van der Waals surface area contributed by atoms with Gasteiger partial charge in [0.2, 0.25) is 10.0 Å². The van der Waals surface area contributed by atoms with Crippen LogP contribution in [0.3, 0.4) is 0 Å². The molecule has 0 atom stereocenters. The fourth-order valence-corrected chi connectivity index (χ4v) is 6.12. The van der Waals surface area contributed by atoms with Crippen LogP contribution in [0.1, 0.15) is 38.2 Å². The van der Waals surface area contributed by atoms with Crippen LogP contribution < -0.4 is 0 Å². The average Bonchev–Trinajstić information content (AvgIpc) is 2.76. The largest absolute Gasteiger partial charge is 0.466 e. The summed E-state index contributed by atoms with van der Waals surface area (Å²) in [4.78, 5) is 12.2. The van der Waals surface area contributed by atoms with Crippen LogP contribution in [0.5, 0.6) is 0 Å². The van der Waals surface area contributed by atoms with Gasteiger partial charge in [0.1, 0.15) is 0 Å². The number of esters is 1. The second-order valence-corrected chi connectivity index (χ2v) is 11.1. The minimum atomic E-state index is -3.82. The van der Waals surface area contributed by atoms with Gasteiger partial charge >= 0.3 is 5.97 Å². The Balaban J connectivity index is 1.83. The van der Waals surface area contributed by atoms with Crippen molar-refractivity contribution in [1.82, 2.24) is 4.31 Å². The number of nitrogens with zero attached hydrogens (tertiary/aromatic N) is 1. The summed E-state index contributed by atoms with van der Waals surface area (Å²) in [5, 5.41) is 1.29.